The van der Waals surface area contributed by atoms with Crippen molar-refractivity contribution in [3.05, 3.63) is 69.9 Å². The van der Waals surface area contributed by atoms with E-state index in [2.05, 4.69) is 18.7 Å². The third-order valence-corrected chi connectivity index (χ3v) is 6.85. The van der Waals surface area contributed by atoms with Crippen LogP contribution in [0.2, 0.25) is 5.02 Å². The molecule has 1 amide bonds. The van der Waals surface area contributed by atoms with Gasteiger partial charge in [-0.2, -0.15) is 0 Å². The average Bonchev–Trinajstić information content (AvgIpc) is 2.80. The van der Waals surface area contributed by atoms with Crippen molar-refractivity contribution in [2.24, 2.45) is 0 Å². The maximum absolute atomic E-state index is 13.4. The molecule has 0 bridgehead atoms. The SMILES string of the molecule is CCN(CC)c1ccc(C2CC(=O)N(c3cc(C(=O)O)ccc3Cl)C3=C2C(=O)CCC3)cc1. The van der Waals surface area contributed by atoms with Gasteiger partial charge in [0.15, 0.2) is 5.78 Å². The Morgan fingerprint density at radius 1 is 1.09 bits per heavy atom. The zero-order valence-electron chi connectivity index (χ0n) is 18.8. The number of carbonyl (C=O) groups is 3. The molecule has 2 aromatic rings. The van der Waals surface area contributed by atoms with Gasteiger partial charge in [0.05, 0.1) is 16.3 Å². The van der Waals surface area contributed by atoms with Crippen LogP contribution in [0.1, 0.15) is 61.4 Å². The summed E-state index contributed by atoms with van der Waals surface area (Å²) >= 11 is 6.40. The number of nitrogens with zero attached hydrogens (tertiary/aromatic N) is 2. The summed E-state index contributed by atoms with van der Waals surface area (Å²) in [6.45, 7) is 6.01. The van der Waals surface area contributed by atoms with Gasteiger partial charge in [-0.05, 0) is 62.6 Å². The Hall–Kier alpha value is -3.12. The van der Waals surface area contributed by atoms with E-state index in [1.807, 2.05) is 24.3 Å². The number of amides is 1. The summed E-state index contributed by atoms with van der Waals surface area (Å²) in [6.07, 6.45) is 1.78. The summed E-state index contributed by atoms with van der Waals surface area (Å²) in [4.78, 5) is 41.7. The van der Waals surface area contributed by atoms with Crippen LogP contribution >= 0.6 is 11.6 Å². The summed E-state index contributed by atoms with van der Waals surface area (Å²) in [5, 5.41) is 9.69. The highest BCUT2D eigenvalue weighted by Crippen LogP contribution is 2.45. The lowest BCUT2D eigenvalue weighted by Gasteiger charge is -2.38. The van der Waals surface area contributed by atoms with Gasteiger partial charge >= 0.3 is 5.97 Å². The first-order chi connectivity index (χ1) is 15.8. The minimum Gasteiger partial charge on any atom is -0.478 e. The lowest BCUT2D eigenvalue weighted by atomic mass is 9.77. The van der Waals surface area contributed by atoms with E-state index in [1.54, 1.807) is 0 Å². The Labute approximate surface area is 198 Å². The quantitative estimate of drug-likeness (QED) is 0.615. The molecule has 0 aromatic heterocycles. The van der Waals surface area contributed by atoms with Gasteiger partial charge < -0.3 is 10.0 Å². The molecule has 1 aliphatic heterocycles. The number of Topliss-reactive ketones (excluding diaryl/α,β-unsaturated/α-hetero) is 1. The topological polar surface area (TPSA) is 77.9 Å². The van der Waals surface area contributed by atoms with Crippen molar-refractivity contribution in [3.63, 3.8) is 0 Å². The van der Waals surface area contributed by atoms with Gasteiger partial charge in [0.1, 0.15) is 0 Å². The normalized spacial score (nSPS) is 18.4. The van der Waals surface area contributed by atoms with Crippen molar-refractivity contribution < 1.29 is 19.5 Å². The van der Waals surface area contributed by atoms with E-state index >= 15 is 0 Å². The zero-order valence-corrected chi connectivity index (χ0v) is 19.6. The summed E-state index contributed by atoms with van der Waals surface area (Å²) < 4.78 is 0. The number of carboxylic acids is 1. The molecule has 172 valence electrons. The highest BCUT2D eigenvalue weighted by molar-refractivity contribution is 6.34. The van der Waals surface area contributed by atoms with Gasteiger partial charge in [0.2, 0.25) is 5.91 Å². The summed E-state index contributed by atoms with van der Waals surface area (Å²) in [7, 11) is 0. The van der Waals surface area contributed by atoms with Crippen LogP contribution in [0.3, 0.4) is 0 Å². The number of rotatable bonds is 6. The molecule has 1 atom stereocenters. The fourth-order valence-corrected chi connectivity index (χ4v) is 5.08. The highest BCUT2D eigenvalue weighted by atomic mass is 35.5. The summed E-state index contributed by atoms with van der Waals surface area (Å²) in [6, 6.07) is 12.4. The number of ketones is 1. The molecule has 0 spiro atoms. The fraction of sp³-hybridized carbons (Fsp3) is 0.346. The van der Waals surface area contributed by atoms with Crippen LogP contribution in [0.4, 0.5) is 11.4 Å². The fourth-order valence-electron chi connectivity index (χ4n) is 4.88. The van der Waals surface area contributed by atoms with E-state index in [-0.39, 0.29) is 34.6 Å². The maximum atomic E-state index is 13.4. The molecular weight excluding hydrogens is 440 g/mol. The van der Waals surface area contributed by atoms with Crippen molar-refractivity contribution in [1.29, 1.82) is 0 Å². The predicted octanol–water partition coefficient (Wildman–Crippen LogP) is 5.41. The molecule has 7 heteroatoms. The average molecular weight is 467 g/mol. The van der Waals surface area contributed by atoms with Crippen molar-refractivity contribution >= 4 is 40.6 Å². The lowest BCUT2D eigenvalue weighted by Crippen LogP contribution is -2.40. The van der Waals surface area contributed by atoms with E-state index in [0.29, 0.717) is 36.2 Å². The van der Waals surface area contributed by atoms with E-state index in [9.17, 15) is 19.5 Å². The third-order valence-electron chi connectivity index (χ3n) is 6.53. The molecule has 0 radical (unpaired) electrons. The van der Waals surface area contributed by atoms with Crippen LogP contribution in [0.15, 0.2) is 53.7 Å². The first-order valence-corrected chi connectivity index (χ1v) is 11.7. The molecule has 2 aromatic carbocycles. The molecule has 0 saturated carbocycles. The maximum Gasteiger partial charge on any atom is 0.335 e. The molecule has 0 saturated heterocycles. The number of halogens is 1. The van der Waals surface area contributed by atoms with E-state index in [4.69, 9.17) is 11.6 Å². The van der Waals surface area contributed by atoms with Crippen molar-refractivity contribution in [2.45, 2.75) is 45.4 Å². The van der Waals surface area contributed by atoms with Crippen LogP contribution in [0, 0.1) is 0 Å². The van der Waals surface area contributed by atoms with Gasteiger partial charge in [-0.3, -0.25) is 14.5 Å². The Morgan fingerprint density at radius 3 is 2.42 bits per heavy atom. The molecule has 33 heavy (non-hydrogen) atoms. The molecule has 2 aliphatic rings. The number of hydrogen-bond acceptors (Lipinski definition) is 4. The number of hydrogen-bond donors (Lipinski definition) is 1. The minimum absolute atomic E-state index is 0.0390. The number of carboxylic acid groups (broad SMARTS) is 1. The van der Waals surface area contributed by atoms with E-state index in [1.165, 1.54) is 23.1 Å². The first-order valence-electron chi connectivity index (χ1n) is 11.3. The smallest absolute Gasteiger partial charge is 0.335 e. The lowest BCUT2D eigenvalue weighted by molar-refractivity contribution is -0.119. The Bertz CT molecular complexity index is 1140. The molecular formula is C26H27ClN2O4. The van der Waals surface area contributed by atoms with Crippen molar-refractivity contribution in [3.8, 4) is 0 Å². The van der Waals surface area contributed by atoms with Crippen LogP contribution < -0.4 is 9.80 Å². The van der Waals surface area contributed by atoms with Gasteiger partial charge in [-0.15, -0.1) is 0 Å². The van der Waals surface area contributed by atoms with E-state index < -0.39 is 5.97 Å². The van der Waals surface area contributed by atoms with Crippen LogP contribution in [0.25, 0.3) is 0 Å². The van der Waals surface area contributed by atoms with Gasteiger partial charge in [0.25, 0.3) is 0 Å². The molecule has 1 heterocycles. The Balaban J connectivity index is 1.80. The molecule has 0 fully saturated rings. The number of allylic oxidation sites excluding steroid dienone is 2. The van der Waals surface area contributed by atoms with Crippen molar-refractivity contribution in [1.82, 2.24) is 0 Å². The molecule has 1 aliphatic carbocycles. The Morgan fingerprint density at radius 2 is 1.79 bits per heavy atom. The van der Waals surface area contributed by atoms with Crippen molar-refractivity contribution in [2.75, 3.05) is 22.9 Å². The van der Waals surface area contributed by atoms with Gasteiger partial charge in [-0.1, -0.05) is 23.7 Å². The number of aromatic carboxylic acids is 1. The second kappa shape index (κ2) is 9.40. The molecule has 1 N–H and O–H groups in total. The second-order valence-corrected chi connectivity index (χ2v) is 8.77. The summed E-state index contributed by atoms with van der Waals surface area (Å²) in [5.74, 6) is -1.57. The first kappa shape index (κ1) is 23.1. The largest absolute Gasteiger partial charge is 0.478 e. The van der Waals surface area contributed by atoms with Crippen LogP contribution in [0.5, 0.6) is 0 Å². The molecule has 1 unspecified atom stereocenters. The number of carbonyl (C=O) groups excluding carboxylic acids is 2. The highest BCUT2D eigenvalue weighted by Gasteiger charge is 2.40. The number of benzene rings is 2. The summed E-state index contributed by atoms with van der Waals surface area (Å²) in [5.41, 5.74) is 3.69. The second-order valence-electron chi connectivity index (χ2n) is 8.36. The zero-order chi connectivity index (χ0) is 23.7. The van der Waals surface area contributed by atoms with Gasteiger partial charge in [0, 0.05) is 48.8 Å². The molecule has 6 nitrogen and oxygen atoms in total. The molecule has 4 rings (SSSR count). The van der Waals surface area contributed by atoms with E-state index in [0.717, 1.165) is 24.3 Å². The monoisotopic (exact) mass is 466 g/mol. The van der Waals surface area contributed by atoms with Gasteiger partial charge in [-0.25, -0.2) is 4.79 Å². The third kappa shape index (κ3) is 4.27. The number of anilines is 2. The van der Waals surface area contributed by atoms with Crippen LogP contribution in [-0.2, 0) is 9.59 Å². The predicted molar refractivity (Wildman–Crippen MR) is 129 cm³/mol. The Kier molecular flexibility index (Phi) is 6.56. The standard InChI is InChI=1S/C26H27ClN2O4/c1-3-28(4-2)18-11-8-16(9-12-18)19-15-24(31)29(21-6-5-7-23(30)25(19)21)22-14-17(26(32)33)10-13-20(22)27/h8-14,19H,3-7,15H2,1-2H3,(H,32,33). The minimum atomic E-state index is -1.10. The van der Waals surface area contributed by atoms with Crippen LogP contribution in [-0.4, -0.2) is 35.9 Å².